The van der Waals surface area contributed by atoms with E-state index in [1.807, 2.05) is 32.2 Å². The Morgan fingerprint density at radius 1 is 1.35 bits per heavy atom. The van der Waals surface area contributed by atoms with Crippen LogP contribution in [0.5, 0.6) is 0 Å². The van der Waals surface area contributed by atoms with Gasteiger partial charge in [0.2, 0.25) is 0 Å². The summed E-state index contributed by atoms with van der Waals surface area (Å²) < 4.78 is 5.27. The van der Waals surface area contributed by atoms with Gasteiger partial charge in [-0.2, -0.15) is 0 Å². The molecule has 0 spiro atoms. The number of nitrogen functional groups attached to an aromatic ring is 1. The molecule has 3 nitrogen and oxygen atoms in total. The number of para-hydroxylation sites is 1. The first-order valence-electron chi connectivity index (χ1n) is 5.37. The van der Waals surface area contributed by atoms with Crippen molar-refractivity contribution in [3.8, 4) is 0 Å². The van der Waals surface area contributed by atoms with Gasteiger partial charge >= 0.3 is 0 Å². The Labute approximate surface area is 106 Å². The Hall–Kier alpha value is -1.61. The van der Waals surface area contributed by atoms with Crippen LogP contribution in [0.15, 0.2) is 34.9 Å². The fraction of sp³-hybridized carbons (Fsp3) is 0.231. The summed E-state index contributed by atoms with van der Waals surface area (Å²) in [4.78, 5) is 2.05. The molecule has 2 N–H and O–H groups in total. The lowest BCUT2D eigenvalue weighted by Crippen LogP contribution is -2.18. The van der Waals surface area contributed by atoms with Crippen molar-refractivity contribution < 1.29 is 4.42 Å². The van der Waals surface area contributed by atoms with Gasteiger partial charge in [-0.15, -0.1) is 0 Å². The van der Waals surface area contributed by atoms with Crippen LogP contribution in [-0.2, 0) is 6.54 Å². The molecular weight excluding hydrogens is 236 g/mol. The number of benzene rings is 1. The molecule has 90 valence electrons. The second-order valence-electron chi connectivity index (χ2n) is 4.03. The Bertz CT molecular complexity index is 522. The molecule has 0 aliphatic carbocycles. The maximum atomic E-state index is 6.00. The Morgan fingerprint density at radius 2 is 2.12 bits per heavy atom. The minimum absolute atomic E-state index is 0.582. The quantitative estimate of drug-likeness (QED) is 0.849. The summed E-state index contributed by atoms with van der Waals surface area (Å²) in [6.07, 6.45) is 1.69. The monoisotopic (exact) mass is 250 g/mol. The van der Waals surface area contributed by atoms with E-state index in [2.05, 4.69) is 4.90 Å². The number of rotatable bonds is 3. The van der Waals surface area contributed by atoms with Crippen LogP contribution in [0.2, 0.25) is 5.02 Å². The van der Waals surface area contributed by atoms with E-state index in [-0.39, 0.29) is 0 Å². The second-order valence-corrected chi connectivity index (χ2v) is 4.44. The molecule has 0 saturated carbocycles. The van der Waals surface area contributed by atoms with E-state index < -0.39 is 0 Å². The van der Waals surface area contributed by atoms with Gasteiger partial charge in [0, 0.05) is 19.2 Å². The van der Waals surface area contributed by atoms with E-state index >= 15 is 0 Å². The second kappa shape index (κ2) is 4.72. The molecule has 0 saturated heterocycles. The normalized spacial score (nSPS) is 10.5. The number of hydrogen-bond acceptors (Lipinski definition) is 3. The minimum atomic E-state index is 0.582. The third-order valence-electron chi connectivity index (χ3n) is 2.81. The first-order valence-corrected chi connectivity index (χ1v) is 5.75. The number of furan rings is 1. The molecule has 1 aromatic carbocycles. The van der Waals surface area contributed by atoms with Crippen molar-refractivity contribution in [1.82, 2.24) is 0 Å². The Morgan fingerprint density at radius 3 is 2.76 bits per heavy atom. The Kier molecular flexibility index (Phi) is 3.29. The van der Waals surface area contributed by atoms with E-state index in [1.165, 1.54) is 0 Å². The summed E-state index contributed by atoms with van der Waals surface area (Å²) in [6.45, 7) is 2.69. The topological polar surface area (TPSA) is 42.4 Å². The highest BCUT2D eigenvalue weighted by molar-refractivity contribution is 6.33. The molecular formula is C13H15ClN2O. The highest BCUT2D eigenvalue weighted by Crippen LogP contribution is 2.30. The zero-order valence-electron chi connectivity index (χ0n) is 9.90. The SMILES string of the molecule is Cc1occc1CN(C)c1cccc(Cl)c1N. The summed E-state index contributed by atoms with van der Waals surface area (Å²) in [5, 5.41) is 0.582. The summed E-state index contributed by atoms with van der Waals surface area (Å²) in [5.41, 5.74) is 8.64. The first-order chi connectivity index (χ1) is 8.09. The van der Waals surface area contributed by atoms with Crippen LogP contribution < -0.4 is 10.6 Å². The maximum absolute atomic E-state index is 6.00. The van der Waals surface area contributed by atoms with Crippen molar-refractivity contribution in [3.63, 3.8) is 0 Å². The van der Waals surface area contributed by atoms with E-state index in [0.29, 0.717) is 10.7 Å². The van der Waals surface area contributed by atoms with Gasteiger partial charge < -0.3 is 15.1 Å². The lowest BCUT2D eigenvalue weighted by Gasteiger charge is -2.21. The van der Waals surface area contributed by atoms with Crippen LogP contribution >= 0.6 is 11.6 Å². The average Bonchev–Trinajstić information content (AvgIpc) is 2.68. The molecule has 0 amide bonds. The molecule has 17 heavy (non-hydrogen) atoms. The van der Waals surface area contributed by atoms with Gasteiger partial charge in [0.05, 0.1) is 22.7 Å². The lowest BCUT2D eigenvalue weighted by atomic mass is 10.2. The maximum Gasteiger partial charge on any atom is 0.105 e. The van der Waals surface area contributed by atoms with Gasteiger partial charge in [0.15, 0.2) is 0 Å². The van der Waals surface area contributed by atoms with Gasteiger partial charge in [-0.3, -0.25) is 0 Å². The van der Waals surface area contributed by atoms with Crippen LogP contribution in [0.25, 0.3) is 0 Å². The molecule has 0 unspecified atom stereocenters. The highest BCUT2D eigenvalue weighted by Gasteiger charge is 2.10. The van der Waals surface area contributed by atoms with Crippen LogP contribution in [-0.4, -0.2) is 7.05 Å². The molecule has 0 atom stereocenters. The zero-order valence-corrected chi connectivity index (χ0v) is 10.7. The molecule has 1 aromatic heterocycles. The predicted octanol–water partition coefficient (Wildman–Crippen LogP) is 3.46. The van der Waals surface area contributed by atoms with Crippen LogP contribution in [0.1, 0.15) is 11.3 Å². The summed E-state index contributed by atoms with van der Waals surface area (Å²) in [6, 6.07) is 7.60. The highest BCUT2D eigenvalue weighted by atomic mass is 35.5. The lowest BCUT2D eigenvalue weighted by molar-refractivity contribution is 0.529. The van der Waals surface area contributed by atoms with E-state index in [9.17, 15) is 0 Å². The van der Waals surface area contributed by atoms with Crippen molar-refractivity contribution >= 4 is 23.0 Å². The molecule has 0 aliphatic heterocycles. The summed E-state index contributed by atoms with van der Waals surface area (Å²) >= 11 is 6.00. The van der Waals surface area contributed by atoms with E-state index in [4.69, 9.17) is 21.8 Å². The van der Waals surface area contributed by atoms with Gasteiger partial charge in [0.1, 0.15) is 5.76 Å². The fourth-order valence-electron chi connectivity index (χ4n) is 1.77. The molecule has 2 aromatic rings. The standard InChI is InChI=1S/C13H15ClN2O/c1-9-10(6-7-17-9)8-16(2)12-5-3-4-11(14)13(12)15/h3-7H,8,15H2,1-2H3. The minimum Gasteiger partial charge on any atom is -0.469 e. The number of anilines is 2. The third-order valence-corrected chi connectivity index (χ3v) is 3.14. The molecule has 0 radical (unpaired) electrons. The van der Waals surface area contributed by atoms with Crippen molar-refractivity contribution in [2.24, 2.45) is 0 Å². The molecule has 1 heterocycles. The number of halogens is 1. The number of hydrogen-bond donors (Lipinski definition) is 1. The largest absolute Gasteiger partial charge is 0.469 e. The molecule has 0 aliphatic rings. The van der Waals surface area contributed by atoms with Gasteiger partial charge in [-0.25, -0.2) is 0 Å². The molecule has 0 fully saturated rings. The fourth-order valence-corrected chi connectivity index (χ4v) is 1.94. The number of aryl methyl sites for hydroxylation is 1. The van der Waals surface area contributed by atoms with Gasteiger partial charge in [-0.05, 0) is 25.1 Å². The van der Waals surface area contributed by atoms with Crippen molar-refractivity contribution in [2.45, 2.75) is 13.5 Å². The zero-order chi connectivity index (χ0) is 12.4. The molecule has 0 bridgehead atoms. The summed E-state index contributed by atoms with van der Waals surface area (Å²) in [7, 11) is 1.98. The van der Waals surface area contributed by atoms with Crippen molar-refractivity contribution in [2.75, 3.05) is 17.7 Å². The number of nitrogens with two attached hydrogens (primary N) is 1. The van der Waals surface area contributed by atoms with Crippen LogP contribution in [0.4, 0.5) is 11.4 Å². The van der Waals surface area contributed by atoms with Crippen LogP contribution in [0, 0.1) is 6.92 Å². The van der Waals surface area contributed by atoms with Crippen molar-refractivity contribution in [3.05, 3.63) is 46.9 Å². The van der Waals surface area contributed by atoms with Crippen LogP contribution in [0.3, 0.4) is 0 Å². The average molecular weight is 251 g/mol. The molecule has 2 rings (SSSR count). The summed E-state index contributed by atoms with van der Waals surface area (Å²) in [5.74, 6) is 0.928. The van der Waals surface area contributed by atoms with Gasteiger partial charge in [0.25, 0.3) is 0 Å². The van der Waals surface area contributed by atoms with E-state index in [1.54, 1.807) is 12.3 Å². The molecule has 4 heteroatoms. The smallest absolute Gasteiger partial charge is 0.105 e. The van der Waals surface area contributed by atoms with E-state index in [0.717, 1.165) is 23.6 Å². The Balaban J connectivity index is 2.23. The van der Waals surface area contributed by atoms with Gasteiger partial charge in [-0.1, -0.05) is 17.7 Å². The van der Waals surface area contributed by atoms with Crippen molar-refractivity contribution in [1.29, 1.82) is 0 Å². The predicted molar refractivity (Wildman–Crippen MR) is 71.4 cm³/mol. The number of nitrogens with zero attached hydrogens (tertiary/aromatic N) is 1. The third kappa shape index (κ3) is 2.39. The first kappa shape index (κ1) is 11.9.